The molecule has 0 bridgehead atoms. The molecule has 0 aliphatic rings. The normalized spacial score (nSPS) is 12.3. The van der Waals surface area contributed by atoms with Gasteiger partial charge in [0.15, 0.2) is 0 Å². The highest BCUT2D eigenvalue weighted by molar-refractivity contribution is 6.35. The van der Waals surface area contributed by atoms with Crippen LogP contribution in [-0.2, 0) is 6.42 Å². The van der Waals surface area contributed by atoms with E-state index in [1.54, 1.807) is 0 Å². The Morgan fingerprint density at radius 3 is 2.48 bits per heavy atom. The van der Waals surface area contributed by atoms with Crippen LogP contribution in [0.15, 0.2) is 48.5 Å². The first kappa shape index (κ1) is 16.4. The van der Waals surface area contributed by atoms with Gasteiger partial charge >= 0.3 is 0 Å². The van der Waals surface area contributed by atoms with Gasteiger partial charge in [0.05, 0.1) is 0 Å². The molecule has 0 fully saturated rings. The van der Waals surface area contributed by atoms with Crippen LogP contribution in [0.3, 0.4) is 0 Å². The van der Waals surface area contributed by atoms with Gasteiger partial charge in [0, 0.05) is 22.5 Å². The molecule has 0 saturated carbocycles. The zero-order valence-electron chi connectivity index (χ0n) is 12.3. The van der Waals surface area contributed by atoms with Crippen molar-refractivity contribution in [1.29, 1.82) is 0 Å². The number of nitrogens with one attached hydrogen (secondary N) is 1. The molecule has 0 spiro atoms. The van der Waals surface area contributed by atoms with Crippen LogP contribution >= 0.6 is 23.2 Å². The van der Waals surface area contributed by atoms with E-state index in [-0.39, 0.29) is 0 Å². The van der Waals surface area contributed by atoms with Gasteiger partial charge in [-0.1, -0.05) is 66.5 Å². The number of rotatable bonds is 7. The van der Waals surface area contributed by atoms with Gasteiger partial charge in [-0.2, -0.15) is 0 Å². The third-order valence-corrected chi connectivity index (χ3v) is 4.16. The predicted molar refractivity (Wildman–Crippen MR) is 92.5 cm³/mol. The average molecular weight is 322 g/mol. The lowest BCUT2D eigenvalue weighted by Gasteiger charge is -2.19. The van der Waals surface area contributed by atoms with Gasteiger partial charge in [0.2, 0.25) is 0 Å². The van der Waals surface area contributed by atoms with Gasteiger partial charge < -0.3 is 5.32 Å². The molecule has 0 radical (unpaired) electrons. The predicted octanol–water partition coefficient (Wildman–Crippen LogP) is 5.32. The first-order valence-corrected chi connectivity index (χ1v) is 8.16. The molecular formula is C18H21Cl2N. The second kappa shape index (κ2) is 8.43. The second-order valence-electron chi connectivity index (χ2n) is 5.25. The van der Waals surface area contributed by atoms with Crippen molar-refractivity contribution < 1.29 is 0 Å². The molecule has 2 aromatic rings. The lowest BCUT2D eigenvalue weighted by molar-refractivity contribution is 0.576. The van der Waals surface area contributed by atoms with E-state index in [4.69, 9.17) is 23.2 Å². The fourth-order valence-corrected chi connectivity index (χ4v) is 2.92. The van der Waals surface area contributed by atoms with E-state index in [0.29, 0.717) is 10.9 Å². The van der Waals surface area contributed by atoms with E-state index in [1.165, 1.54) is 5.56 Å². The molecule has 0 aromatic heterocycles. The SMILES string of the molecule is CCCNCC(Cc1ccc(Cl)cc1Cl)c1ccccc1. The second-order valence-corrected chi connectivity index (χ2v) is 6.10. The molecule has 0 aliphatic carbocycles. The Kier molecular flexibility index (Phi) is 6.56. The van der Waals surface area contributed by atoms with Crippen LogP contribution in [-0.4, -0.2) is 13.1 Å². The van der Waals surface area contributed by atoms with Crippen LogP contribution in [0.4, 0.5) is 0 Å². The van der Waals surface area contributed by atoms with Crippen LogP contribution in [0.25, 0.3) is 0 Å². The van der Waals surface area contributed by atoms with E-state index in [1.807, 2.05) is 18.2 Å². The van der Waals surface area contributed by atoms with Gasteiger partial charge in [-0.25, -0.2) is 0 Å². The largest absolute Gasteiger partial charge is 0.316 e. The number of hydrogen-bond donors (Lipinski definition) is 1. The monoisotopic (exact) mass is 321 g/mol. The highest BCUT2D eigenvalue weighted by Crippen LogP contribution is 2.27. The summed E-state index contributed by atoms with van der Waals surface area (Å²) >= 11 is 12.3. The molecule has 0 heterocycles. The zero-order valence-corrected chi connectivity index (χ0v) is 13.8. The topological polar surface area (TPSA) is 12.0 Å². The molecule has 1 atom stereocenters. The molecule has 1 N–H and O–H groups in total. The molecule has 112 valence electrons. The van der Waals surface area contributed by atoms with Gasteiger partial charge in [-0.05, 0) is 42.6 Å². The first-order valence-electron chi connectivity index (χ1n) is 7.40. The van der Waals surface area contributed by atoms with Crippen molar-refractivity contribution in [1.82, 2.24) is 5.32 Å². The molecule has 1 unspecified atom stereocenters. The lowest BCUT2D eigenvalue weighted by Crippen LogP contribution is -2.23. The van der Waals surface area contributed by atoms with Crippen LogP contribution in [0.2, 0.25) is 10.0 Å². The molecule has 0 saturated heterocycles. The fourth-order valence-electron chi connectivity index (χ4n) is 2.44. The van der Waals surface area contributed by atoms with Crippen LogP contribution in [0, 0.1) is 0 Å². The number of benzene rings is 2. The number of hydrogen-bond acceptors (Lipinski definition) is 1. The van der Waals surface area contributed by atoms with Crippen molar-refractivity contribution in [2.75, 3.05) is 13.1 Å². The average Bonchev–Trinajstić information content (AvgIpc) is 2.49. The highest BCUT2D eigenvalue weighted by Gasteiger charge is 2.14. The quantitative estimate of drug-likeness (QED) is 0.680. The van der Waals surface area contributed by atoms with E-state index in [2.05, 4.69) is 42.6 Å². The van der Waals surface area contributed by atoms with Crippen molar-refractivity contribution in [2.45, 2.75) is 25.7 Å². The van der Waals surface area contributed by atoms with Gasteiger partial charge in [0.1, 0.15) is 0 Å². The molecule has 0 aliphatic heterocycles. The highest BCUT2D eigenvalue weighted by atomic mass is 35.5. The molecule has 3 heteroatoms. The minimum absolute atomic E-state index is 0.413. The lowest BCUT2D eigenvalue weighted by atomic mass is 9.92. The molecule has 1 nitrogen and oxygen atoms in total. The smallest absolute Gasteiger partial charge is 0.0453 e. The summed E-state index contributed by atoms with van der Waals surface area (Å²) in [5.74, 6) is 0.413. The maximum absolute atomic E-state index is 6.32. The Morgan fingerprint density at radius 2 is 1.81 bits per heavy atom. The summed E-state index contributed by atoms with van der Waals surface area (Å²) in [6.07, 6.45) is 2.06. The Hall–Kier alpha value is -1.02. The molecule has 21 heavy (non-hydrogen) atoms. The summed E-state index contributed by atoms with van der Waals surface area (Å²) < 4.78 is 0. The Labute approximate surface area is 137 Å². The van der Waals surface area contributed by atoms with E-state index in [9.17, 15) is 0 Å². The van der Waals surface area contributed by atoms with Crippen LogP contribution in [0.5, 0.6) is 0 Å². The van der Waals surface area contributed by atoms with E-state index >= 15 is 0 Å². The Morgan fingerprint density at radius 1 is 1.05 bits per heavy atom. The minimum Gasteiger partial charge on any atom is -0.316 e. The van der Waals surface area contributed by atoms with Crippen molar-refractivity contribution in [3.8, 4) is 0 Å². The zero-order chi connectivity index (χ0) is 15.1. The standard InChI is InChI=1S/C18H21Cl2N/c1-2-10-21-13-16(14-6-4-3-5-7-14)11-15-8-9-17(19)12-18(15)20/h3-9,12,16,21H,2,10-11,13H2,1H3. The summed E-state index contributed by atoms with van der Waals surface area (Å²) in [4.78, 5) is 0. The van der Waals surface area contributed by atoms with E-state index in [0.717, 1.165) is 36.5 Å². The maximum Gasteiger partial charge on any atom is 0.0453 e. The van der Waals surface area contributed by atoms with Gasteiger partial charge in [0.25, 0.3) is 0 Å². The van der Waals surface area contributed by atoms with Crippen molar-refractivity contribution in [3.05, 3.63) is 69.7 Å². The molecule has 2 aromatic carbocycles. The van der Waals surface area contributed by atoms with Crippen molar-refractivity contribution in [3.63, 3.8) is 0 Å². The summed E-state index contributed by atoms with van der Waals surface area (Å²) in [6, 6.07) is 16.3. The Bertz CT molecular complexity index is 554. The summed E-state index contributed by atoms with van der Waals surface area (Å²) in [5, 5.41) is 4.95. The molecule has 2 rings (SSSR count). The van der Waals surface area contributed by atoms with Crippen molar-refractivity contribution in [2.24, 2.45) is 0 Å². The fraction of sp³-hybridized carbons (Fsp3) is 0.333. The van der Waals surface area contributed by atoms with Gasteiger partial charge in [-0.3, -0.25) is 0 Å². The Balaban J connectivity index is 2.15. The summed E-state index contributed by atoms with van der Waals surface area (Å²) in [6.45, 7) is 4.18. The minimum atomic E-state index is 0.413. The van der Waals surface area contributed by atoms with Crippen LogP contribution < -0.4 is 5.32 Å². The molecule has 0 amide bonds. The van der Waals surface area contributed by atoms with Gasteiger partial charge in [-0.15, -0.1) is 0 Å². The van der Waals surface area contributed by atoms with E-state index < -0.39 is 0 Å². The summed E-state index contributed by atoms with van der Waals surface area (Å²) in [5.41, 5.74) is 2.49. The first-order chi connectivity index (χ1) is 10.2. The third-order valence-electron chi connectivity index (χ3n) is 3.57. The summed E-state index contributed by atoms with van der Waals surface area (Å²) in [7, 11) is 0. The van der Waals surface area contributed by atoms with Crippen molar-refractivity contribution >= 4 is 23.2 Å². The third kappa shape index (κ3) is 5.03. The maximum atomic E-state index is 6.32. The molecular weight excluding hydrogens is 301 g/mol. The number of halogens is 2. The van der Waals surface area contributed by atoms with Crippen LogP contribution in [0.1, 0.15) is 30.4 Å².